The Morgan fingerprint density at radius 3 is 2.48 bits per heavy atom. The van der Waals surface area contributed by atoms with Crippen molar-refractivity contribution in [1.82, 2.24) is 10.6 Å². The molecule has 1 aliphatic rings. The third-order valence-corrected chi connectivity index (χ3v) is 5.31. The number of methoxy groups -OCH3 is 1. The van der Waals surface area contributed by atoms with Gasteiger partial charge in [-0.3, -0.25) is 20.2 Å². The van der Waals surface area contributed by atoms with Gasteiger partial charge in [-0.2, -0.15) is 0 Å². The molecule has 0 atom stereocenters. The van der Waals surface area contributed by atoms with E-state index in [1.165, 1.54) is 6.08 Å². The molecule has 0 saturated carbocycles. The fraction of sp³-hybridized carbons (Fsp3) is 0.125. The van der Waals surface area contributed by atoms with Gasteiger partial charge in [0, 0.05) is 17.2 Å². The van der Waals surface area contributed by atoms with Gasteiger partial charge in [-0.05, 0) is 53.7 Å². The number of nitrogens with one attached hydrogen (secondary N) is 2. The number of fused-ring (bicyclic) bond motifs is 1. The molecule has 0 aliphatic carbocycles. The van der Waals surface area contributed by atoms with Crippen LogP contribution in [0.1, 0.15) is 16.7 Å². The molecule has 6 nitrogen and oxygen atoms in total. The summed E-state index contributed by atoms with van der Waals surface area (Å²) in [5.74, 6) is -0.0146. The zero-order valence-electron chi connectivity index (χ0n) is 17.0. The average molecular weight is 433 g/mol. The third kappa shape index (κ3) is 4.27. The van der Waals surface area contributed by atoms with Crippen molar-refractivity contribution in [2.75, 3.05) is 7.11 Å². The van der Waals surface area contributed by atoms with Crippen LogP contribution in [-0.2, 0) is 16.2 Å². The minimum Gasteiger partial charge on any atom is -0.497 e. The molecule has 0 unspecified atom stereocenters. The van der Waals surface area contributed by atoms with E-state index in [4.69, 9.17) is 21.7 Å². The number of benzene rings is 3. The molecule has 1 fully saturated rings. The second kappa shape index (κ2) is 8.57. The summed E-state index contributed by atoms with van der Waals surface area (Å²) in [5.41, 5.74) is 2.70. The van der Waals surface area contributed by atoms with Crippen LogP contribution in [-0.4, -0.2) is 24.0 Å². The molecule has 4 rings (SSSR count). The lowest BCUT2D eigenvalue weighted by Gasteiger charge is -2.18. The van der Waals surface area contributed by atoms with Crippen LogP contribution in [0.15, 0.2) is 60.2 Å². The summed E-state index contributed by atoms with van der Waals surface area (Å²) in [6, 6.07) is 17.5. The molecule has 0 bridgehead atoms. The van der Waals surface area contributed by atoms with E-state index in [1.54, 1.807) is 25.3 Å². The number of hydrogen-bond acceptors (Lipinski definition) is 5. The van der Waals surface area contributed by atoms with E-state index in [-0.39, 0.29) is 10.7 Å². The SMILES string of the molecule is COc1ccc(C=C2C(=O)NC(=S)NC2=O)c(OCc2c(C)ccc3ccccc23)c1. The smallest absolute Gasteiger partial charge is 0.263 e. The van der Waals surface area contributed by atoms with Crippen LogP contribution in [0.4, 0.5) is 0 Å². The highest BCUT2D eigenvalue weighted by Gasteiger charge is 2.26. The number of carbonyl (C=O) groups is 2. The second-order valence-electron chi connectivity index (χ2n) is 7.07. The molecule has 2 amide bonds. The maximum absolute atomic E-state index is 12.2. The number of hydrogen-bond donors (Lipinski definition) is 2. The lowest BCUT2D eigenvalue weighted by Crippen LogP contribution is -2.51. The number of thiocarbonyl (C=S) groups is 1. The number of ether oxygens (including phenoxy) is 2. The summed E-state index contributed by atoms with van der Waals surface area (Å²) in [5, 5.41) is 7.11. The van der Waals surface area contributed by atoms with E-state index in [9.17, 15) is 9.59 Å². The van der Waals surface area contributed by atoms with Gasteiger partial charge in [-0.25, -0.2) is 0 Å². The van der Waals surface area contributed by atoms with Gasteiger partial charge in [0.1, 0.15) is 23.7 Å². The molecule has 1 saturated heterocycles. The zero-order valence-corrected chi connectivity index (χ0v) is 17.8. The van der Waals surface area contributed by atoms with E-state index in [1.807, 2.05) is 19.1 Å². The van der Waals surface area contributed by atoms with Crippen LogP contribution in [0.25, 0.3) is 16.8 Å². The van der Waals surface area contributed by atoms with Crippen molar-refractivity contribution < 1.29 is 19.1 Å². The Hall–Kier alpha value is -3.71. The summed E-state index contributed by atoms with van der Waals surface area (Å²) in [6.07, 6.45) is 1.48. The summed E-state index contributed by atoms with van der Waals surface area (Å²) in [6.45, 7) is 2.36. The molecule has 1 aliphatic heterocycles. The minimum atomic E-state index is -0.555. The van der Waals surface area contributed by atoms with Gasteiger partial charge in [-0.15, -0.1) is 0 Å². The lowest BCUT2D eigenvalue weighted by atomic mass is 10.0. The van der Waals surface area contributed by atoms with Gasteiger partial charge in [0.25, 0.3) is 11.8 Å². The van der Waals surface area contributed by atoms with Crippen molar-refractivity contribution in [2.45, 2.75) is 13.5 Å². The standard InChI is InChI=1S/C24H20N2O4S/c1-14-7-8-15-5-3-4-6-18(15)20(14)13-30-21-12-17(29-2)10-9-16(21)11-19-22(27)25-24(31)26-23(19)28/h3-12H,13H2,1-2H3,(H2,25,26,27,28,31). The molecule has 7 heteroatoms. The van der Waals surface area contributed by atoms with Crippen LogP contribution < -0.4 is 20.1 Å². The van der Waals surface area contributed by atoms with Crippen LogP contribution in [0.2, 0.25) is 0 Å². The number of rotatable bonds is 5. The van der Waals surface area contributed by atoms with Gasteiger partial charge in [0.2, 0.25) is 0 Å². The molecule has 31 heavy (non-hydrogen) atoms. The first-order chi connectivity index (χ1) is 15.0. The molecule has 0 aromatic heterocycles. The van der Waals surface area contributed by atoms with Gasteiger partial charge >= 0.3 is 0 Å². The van der Waals surface area contributed by atoms with E-state index in [2.05, 4.69) is 34.9 Å². The van der Waals surface area contributed by atoms with Gasteiger partial charge in [0.05, 0.1) is 7.11 Å². The maximum Gasteiger partial charge on any atom is 0.263 e. The maximum atomic E-state index is 12.2. The summed E-state index contributed by atoms with van der Waals surface area (Å²) < 4.78 is 11.5. The van der Waals surface area contributed by atoms with E-state index < -0.39 is 11.8 Å². The van der Waals surface area contributed by atoms with E-state index in [0.717, 1.165) is 21.9 Å². The van der Waals surface area contributed by atoms with Crippen LogP contribution in [0.5, 0.6) is 11.5 Å². The summed E-state index contributed by atoms with van der Waals surface area (Å²) in [4.78, 5) is 24.5. The molecule has 0 radical (unpaired) electrons. The quantitative estimate of drug-likeness (QED) is 0.366. The third-order valence-electron chi connectivity index (χ3n) is 5.11. The highest BCUT2D eigenvalue weighted by Crippen LogP contribution is 2.30. The Morgan fingerprint density at radius 2 is 1.74 bits per heavy atom. The first-order valence-electron chi connectivity index (χ1n) is 9.62. The zero-order chi connectivity index (χ0) is 22.0. The Kier molecular flexibility index (Phi) is 5.68. The first kappa shape index (κ1) is 20.6. The number of amides is 2. The summed E-state index contributed by atoms with van der Waals surface area (Å²) in [7, 11) is 1.56. The predicted molar refractivity (Wildman–Crippen MR) is 123 cm³/mol. The molecule has 2 N–H and O–H groups in total. The van der Waals surface area contributed by atoms with Crippen molar-refractivity contribution in [3.63, 3.8) is 0 Å². The Labute approximate surface area is 184 Å². The van der Waals surface area contributed by atoms with Gasteiger partial charge in [-0.1, -0.05) is 36.4 Å². The molecule has 0 spiro atoms. The molecule has 3 aromatic rings. The number of carbonyl (C=O) groups excluding carboxylic acids is 2. The fourth-order valence-corrected chi connectivity index (χ4v) is 3.62. The fourth-order valence-electron chi connectivity index (χ4n) is 3.43. The molecular formula is C24H20N2O4S. The summed E-state index contributed by atoms with van der Waals surface area (Å²) >= 11 is 4.85. The first-order valence-corrected chi connectivity index (χ1v) is 10.0. The van der Waals surface area contributed by atoms with Gasteiger partial charge in [0.15, 0.2) is 5.11 Å². The highest BCUT2D eigenvalue weighted by atomic mass is 32.1. The van der Waals surface area contributed by atoms with E-state index in [0.29, 0.717) is 23.7 Å². The van der Waals surface area contributed by atoms with Crippen LogP contribution in [0, 0.1) is 6.92 Å². The molecule has 156 valence electrons. The van der Waals surface area contributed by atoms with E-state index >= 15 is 0 Å². The molecule has 3 aromatic carbocycles. The lowest BCUT2D eigenvalue weighted by molar-refractivity contribution is -0.123. The highest BCUT2D eigenvalue weighted by molar-refractivity contribution is 7.80. The molecule has 1 heterocycles. The Morgan fingerprint density at radius 1 is 1.00 bits per heavy atom. The van der Waals surface area contributed by atoms with Crippen molar-refractivity contribution in [3.8, 4) is 11.5 Å². The number of aryl methyl sites for hydroxylation is 1. The van der Waals surface area contributed by atoms with Crippen molar-refractivity contribution in [1.29, 1.82) is 0 Å². The predicted octanol–water partition coefficient (Wildman–Crippen LogP) is 3.65. The largest absolute Gasteiger partial charge is 0.497 e. The minimum absolute atomic E-state index is 0.00946. The Balaban J connectivity index is 1.70. The van der Waals surface area contributed by atoms with Crippen molar-refractivity contribution in [3.05, 3.63) is 76.9 Å². The normalized spacial score (nSPS) is 13.6. The van der Waals surface area contributed by atoms with Crippen molar-refractivity contribution in [2.24, 2.45) is 0 Å². The van der Waals surface area contributed by atoms with Gasteiger partial charge < -0.3 is 9.47 Å². The average Bonchev–Trinajstić information content (AvgIpc) is 2.76. The second-order valence-corrected chi connectivity index (χ2v) is 7.48. The topological polar surface area (TPSA) is 76.7 Å². The Bertz CT molecular complexity index is 1230. The van der Waals surface area contributed by atoms with Crippen LogP contribution >= 0.6 is 12.2 Å². The van der Waals surface area contributed by atoms with Crippen molar-refractivity contribution >= 4 is 46.0 Å². The monoisotopic (exact) mass is 432 g/mol. The van der Waals surface area contributed by atoms with Crippen LogP contribution in [0.3, 0.4) is 0 Å². The molecular weight excluding hydrogens is 412 g/mol.